The number of nitrogens with one attached hydrogen (secondary N) is 2. The average Bonchev–Trinajstić information content (AvgIpc) is 2.47. The largest absolute Gasteiger partial charge is 0.495 e. The number of thiocarbonyl (C=S) groups is 1. The van der Waals surface area contributed by atoms with Crippen molar-refractivity contribution in [2.75, 3.05) is 17.7 Å². The van der Waals surface area contributed by atoms with Gasteiger partial charge < -0.3 is 15.4 Å². The van der Waals surface area contributed by atoms with Gasteiger partial charge in [0.25, 0.3) is 5.69 Å². The number of nitro benzene ring substituents is 1. The zero-order chi connectivity index (χ0) is 16.1. The van der Waals surface area contributed by atoms with Crippen LogP contribution in [0.2, 0.25) is 0 Å². The molecule has 2 rings (SSSR count). The van der Waals surface area contributed by atoms with Crippen LogP contribution in [0.15, 0.2) is 42.5 Å². The predicted molar refractivity (Wildman–Crippen MR) is 90.7 cm³/mol. The molecule has 0 aliphatic carbocycles. The number of aryl methyl sites for hydroxylation is 1. The van der Waals surface area contributed by atoms with E-state index in [1.54, 1.807) is 19.2 Å². The molecule has 0 saturated carbocycles. The minimum atomic E-state index is -0.453. The molecule has 114 valence electrons. The molecule has 0 amide bonds. The van der Waals surface area contributed by atoms with Crippen LogP contribution >= 0.6 is 12.2 Å². The zero-order valence-corrected chi connectivity index (χ0v) is 12.9. The van der Waals surface area contributed by atoms with Gasteiger partial charge in [-0.1, -0.05) is 12.1 Å². The van der Waals surface area contributed by atoms with Crippen molar-refractivity contribution in [3.05, 3.63) is 58.1 Å². The van der Waals surface area contributed by atoms with E-state index in [1.807, 2.05) is 25.1 Å². The Kier molecular flexibility index (Phi) is 4.90. The third-order valence-electron chi connectivity index (χ3n) is 2.92. The Bertz CT molecular complexity index is 719. The van der Waals surface area contributed by atoms with E-state index in [-0.39, 0.29) is 5.69 Å². The summed E-state index contributed by atoms with van der Waals surface area (Å²) in [5.74, 6) is 0.661. The first-order valence-electron chi connectivity index (χ1n) is 6.46. The lowest BCUT2D eigenvalue weighted by atomic mass is 10.2. The molecule has 2 aromatic carbocycles. The van der Waals surface area contributed by atoms with Crippen molar-refractivity contribution < 1.29 is 9.66 Å². The summed E-state index contributed by atoms with van der Waals surface area (Å²) in [5.41, 5.74) is 2.33. The predicted octanol–water partition coefficient (Wildman–Crippen LogP) is 3.72. The van der Waals surface area contributed by atoms with Crippen LogP contribution in [0.1, 0.15) is 5.56 Å². The lowest BCUT2D eigenvalue weighted by Crippen LogP contribution is -2.19. The van der Waals surface area contributed by atoms with Crippen LogP contribution in [0, 0.1) is 17.0 Å². The molecule has 6 nitrogen and oxygen atoms in total. The van der Waals surface area contributed by atoms with Crippen molar-refractivity contribution >= 4 is 34.4 Å². The first kappa shape index (κ1) is 15.7. The summed E-state index contributed by atoms with van der Waals surface area (Å²) < 4.78 is 5.26. The number of rotatable bonds is 4. The third kappa shape index (κ3) is 3.92. The number of methoxy groups -OCH3 is 1. The van der Waals surface area contributed by atoms with Crippen LogP contribution < -0.4 is 15.4 Å². The van der Waals surface area contributed by atoms with Crippen LogP contribution in [-0.2, 0) is 0 Å². The average molecular weight is 317 g/mol. The third-order valence-corrected chi connectivity index (χ3v) is 3.12. The van der Waals surface area contributed by atoms with Crippen molar-refractivity contribution in [1.82, 2.24) is 0 Å². The second-order valence-corrected chi connectivity index (χ2v) is 5.00. The Morgan fingerprint density at radius 1 is 1.23 bits per heavy atom. The van der Waals surface area contributed by atoms with Gasteiger partial charge in [-0.3, -0.25) is 10.1 Å². The van der Waals surface area contributed by atoms with E-state index in [2.05, 4.69) is 10.6 Å². The molecule has 0 aliphatic rings. The van der Waals surface area contributed by atoms with Gasteiger partial charge in [-0.2, -0.15) is 0 Å². The number of nitrogens with zero attached hydrogens (tertiary/aromatic N) is 1. The highest BCUT2D eigenvalue weighted by Gasteiger charge is 2.08. The molecule has 0 saturated heterocycles. The van der Waals surface area contributed by atoms with Gasteiger partial charge in [0.2, 0.25) is 0 Å². The SMILES string of the molecule is COc1ccc(C)cc1NC(=S)Nc1cccc([N+](=O)[O-])c1. The van der Waals surface area contributed by atoms with Gasteiger partial charge in [-0.15, -0.1) is 0 Å². The van der Waals surface area contributed by atoms with Gasteiger partial charge in [0.05, 0.1) is 17.7 Å². The summed E-state index contributed by atoms with van der Waals surface area (Å²) in [6.45, 7) is 1.96. The van der Waals surface area contributed by atoms with Crippen LogP contribution in [0.3, 0.4) is 0 Å². The molecule has 0 bridgehead atoms. The second-order valence-electron chi connectivity index (χ2n) is 4.59. The summed E-state index contributed by atoms with van der Waals surface area (Å²) in [4.78, 5) is 10.3. The van der Waals surface area contributed by atoms with Crippen LogP contribution in [0.4, 0.5) is 17.1 Å². The van der Waals surface area contributed by atoms with E-state index < -0.39 is 4.92 Å². The lowest BCUT2D eigenvalue weighted by molar-refractivity contribution is -0.384. The molecule has 0 aromatic heterocycles. The van der Waals surface area contributed by atoms with Crippen LogP contribution in [-0.4, -0.2) is 17.1 Å². The van der Waals surface area contributed by atoms with Crippen molar-refractivity contribution in [2.45, 2.75) is 6.92 Å². The number of hydrogen-bond acceptors (Lipinski definition) is 4. The van der Waals surface area contributed by atoms with Gasteiger partial charge >= 0.3 is 0 Å². The van der Waals surface area contributed by atoms with E-state index >= 15 is 0 Å². The number of benzene rings is 2. The minimum Gasteiger partial charge on any atom is -0.495 e. The maximum Gasteiger partial charge on any atom is 0.271 e. The summed E-state index contributed by atoms with van der Waals surface area (Å²) >= 11 is 5.23. The fourth-order valence-corrected chi connectivity index (χ4v) is 2.13. The van der Waals surface area contributed by atoms with Crippen LogP contribution in [0.25, 0.3) is 0 Å². The Labute approximate surface area is 133 Å². The van der Waals surface area contributed by atoms with E-state index in [9.17, 15) is 10.1 Å². The minimum absolute atomic E-state index is 0.000867. The summed E-state index contributed by atoms with van der Waals surface area (Å²) in [5, 5.41) is 17.0. The molecule has 2 aromatic rings. The first-order valence-corrected chi connectivity index (χ1v) is 6.87. The molecule has 0 unspecified atom stereocenters. The monoisotopic (exact) mass is 317 g/mol. The number of nitro groups is 1. The molecule has 0 aliphatic heterocycles. The lowest BCUT2D eigenvalue weighted by Gasteiger charge is -2.14. The summed E-state index contributed by atoms with van der Waals surface area (Å²) in [6.07, 6.45) is 0. The Morgan fingerprint density at radius 2 is 2.00 bits per heavy atom. The van der Waals surface area contributed by atoms with Crippen molar-refractivity contribution in [3.63, 3.8) is 0 Å². The van der Waals surface area contributed by atoms with E-state index in [0.717, 1.165) is 11.3 Å². The molecule has 0 atom stereocenters. The standard InChI is InChI=1S/C15H15N3O3S/c1-10-6-7-14(21-2)13(8-10)17-15(22)16-11-4-3-5-12(9-11)18(19)20/h3-9H,1-2H3,(H2,16,17,22). The second kappa shape index (κ2) is 6.86. The summed E-state index contributed by atoms with van der Waals surface area (Å²) in [7, 11) is 1.58. The highest BCUT2D eigenvalue weighted by molar-refractivity contribution is 7.80. The van der Waals surface area contributed by atoms with Gasteiger partial charge in [0.1, 0.15) is 5.75 Å². The Morgan fingerprint density at radius 3 is 2.68 bits per heavy atom. The van der Waals surface area contributed by atoms with Crippen molar-refractivity contribution in [1.29, 1.82) is 0 Å². The fourth-order valence-electron chi connectivity index (χ4n) is 1.90. The van der Waals surface area contributed by atoms with E-state index in [4.69, 9.17) is 17.0 Å². The highest BCUT2D eigenvalue weighted by atomic mass is 32.1. The molecular weight excluding hydrogens is 302 g/mol. The van der Waals surface area contributed by atoms with Crippen molar-refractivity contribution in [3.8, 4) is 5.75 Å². The zero-order valence-electron chi connectivity index (χ0n) is 12.1. The molecule has 7 heteroatoms. The van der Waals surface area contributed by atoms with Gasteiger partial charge in [-0.05, 0) is 42.9 Å². The number of anilines is 2. The van der Waals surface area contributed by atoms with Gasteiger partial charge in [0.15, 0.2) is 5.11 Å². The normalized spacial score (nSPS) is 9.91. The van der Waals surface area contributed by atoms with Gasteiger partial charge in [-0.25, -0.2) is 0 Å². The highest BCUT2D eigenvalue weighted by Crippen LogP contribution is 2.25. The molecule has 0 radical (unpaired) electrons. The number of hydrogen-bond donors (Lipinski definition) is 2. The van der Waals surface area contributed by atoms with Crippen LogP contribution in [0.5, 0.6) is 5.75 Å². The maximum absolute atomic E-state index is 10.8. The van der Waals surface area contributed by atoms with Crippen molar-refractivity contribution in [2.24, 2.45) is 0 Å². The summed E-state index contributed by atoms with van der Waals surface area (Å²) in [6, 6.07) is 11.8. The molecule has 22 heavy (non-hydrogen) atoms. The fraction of sp³-hybridized carbons (Fsp3) is 0.133. The molecule has 0 fully saturated rings. The van der Waals surface area contributed by atoms with E-state index in [0.29, 0.717) is 16.5 Å². The Balaban J connectivity index is 2.12. The molecule has 2 N–H and O–H groups in total. The first-order chi connectivity index (χ1) is 10.5. The topological polar surface area (TPSA) is 76.4 Å². The van der Waals surface area contributed by atoms with Gasteiger partial charge in [0, 0.05) is 17.8 Å². The van der Waals surface area contributed by atoms with E-state index in [1.165, 1.54) is 12.1 Å². The maximum atomic E-state index is 10.8. The molecule has 0 heterocycles. The Hall–Kier alpha value is -2.67. The quantitative estimate of drug-likeness (QED) is 0.508. The molecular formula is C15H15N3O3S. The smallest absolute Gasteiger partial charge is 0.271 e. The number of non-ortho nitro benzene ring substituents is 1. The number of ether oxygens (including phenoxy) is 1. The molecule has 0 spiro atoms.